The van der Waals surface area contributed by atoms with Gasteiger partial charge in [0.25, 0.3) is 0 Å². The van der Waals surface area contributed by atoms with Gasteiger partial charge in [-0.3, -0.25) is 0 Å². The summed E-state index contributed by atoms with van der Waals surface area (Å²) < 4.78 is 23.2. The first-order chi connectivity index (χ1) is 9.49. The second-order valence-electron chi connectivity index (χ2n) is 5.61. The van der Waals surface area contributed by atoms with Crippen LogP contribution in [0.4, 0.5) is 0 Å². The summed E-state index contributed by atoms with van der Waals surface area (Å²) in [6.07, 6.45) is 4.64. The Kier molecular flexibility index (Phi) is 3.30. The summed E-state index contributed by atoms with van der Waals surface area (Å²) in [4.78, 5) is 8.21. The van der Waals surface area contributed by atoms with E-state index in [1.807, 2.05) is 0 Å². The van der Waals surface area contributed by atoms with E-state index < -0.39 is 9.84 Å². The van der Waals surface area contributed by atoms with Crippen molar-refractivity contribution in [3.8, 4) is 0 Å². The van der Waals surface area contributed by atoms with Crippen molar-refractivity contribution in [3.63, 3.8) is 0 Å². The van der Waals surface area contributed by atoms with Crippen LogP contribution >= 0.6 is 0 Å². The van der Waals surface area contributed by atoms with E-state index >= 15 is 0 Å². The molecular weight excluding hydrogens is 274 g/mol. The van der Waals surface area contributed by atoms with Crippen molar-refractivity contribution in [2.75, 3.05) is 12.8 Å². The van der Waals surface area contributed by atoms with Gasteiger partial charge in [0.1, 0.15) is 5.82 Å². The average Bonchev–Trinajstić information content (AvgIpc) is 3.02. The number of aromatic amines is 1. The molecule has 108 valence electrons. The summed E-state index contributed by atoms with van der Waals surface area (Å²) >= 11 is 0. The van der Waals surface area contributed by atoms with E-state index in [-0.39, 0.29) is 0 Å². The van der Waals surface area contributed by atoms with E-state index in [0.717, 1.165) is 29.7 Å². The summed E-state index contributed by atoms with van der Waals surface area (Å²) in [5.74, 6) is 1.79. The number of hydrogen-bond donors (Lipinski definition) is 2. The molecule has 0 spiro atoms. The minimum absolute atomic E-state index is 0.321. The molecule has 1 aromatic carbocycles. The van der Waals surface area contributed by atoms with E-state index in [9.17, 15) is 8.42 Å². The lowest BCUT2D eigenvalue weighted by atomic mass is 9.96. The Balaban J connectivity index is 2.03. The van der Waals surface area contributed by atoms with Crippen LogP contribution < -0.4 is 5.73 Å². The van der Waals surface area contributed by atoms with Gasteiger partial charge in [-0.05, 0) is 43.5 Å². The number of nitrogens with two attached hydrogens (primary N) is 1. The standard InChI is InChI=1S/C14H19N3O2S/c1-20(18,19)10-5-6-12-13(7-10)17-14(16-12)11-4-2-3-9(11)8-15/h5-7,9,11H,2-4,8,15H2,1H3,(H,16,17). The first-order valence-corrected chi connectivity index (χ1v) is 8.78. The predicted molar refractivity (Wildman–Crippen MR) is 78.3 cm³/mol. The highest BCUT2D eigenvalue weighted by Gasteiger charge is 2.29. The molecule has 6 heteroatoms. The highest BCUT2D eigenvalue weighted by Crippen LogP contribution is 2.38. The Morgan fingerprint density at radius 3 is 2.90 bits per heavy atom. The Labute approximate surface area is 118 Å². The molecule has 3 rings (SSSR count). The molecule has 0 radical (unpaired) electrons. The maximum absolute atomic E-state index is 11.6. The zero-order valence-corrected chi connectivity index (χ0v) is 12.3. The van der Waals surface area contributed by atoms with Crippen LogP contribution in [0.3, 0.4) is 0 Å². The molecule has 0 bridgehead atoms. The SMILES string of the molecule is CS(=O)(=O)c1ccc2nc(C3CCCC3CN)[nH]c2c1. The molecule has 0 aliphatic heterocycles. The van der Waals surface area contributed by atoms with Crippen molar-refractivity contribution >= 4 is 20.9 Å². The number of H-pyrrole nitrogens is 1. The fourth-order valence-electron chi connectivity index (χ4n) is 3.09. The molecule has 2 unspecified atom stereocenters. The van der Waals surface area contributed by atoms with Crippen molar-refractivity contribution in [1.29, 1.82) is 0 Å². The molecule has 1 aliphatic rings. The van der Waals surface area contributed by atoms with Gasteiger partial charge in [0.2, 0.25) is 0 Å². The molecule has 0 amide bonds. The number of benzene rings is 1. The smallest absolute Gasteiger partial charge is 0.175 e. The van der Waals surface area contributed by atoms with Gasteiger partial charge in [-0.2, -0.15) is 0 Å². The first kappa shape index (κ1) is 13.6. The lowest BCUT2D eigenvalue weighted by Gasteiger charge is -2.14. The van der Waals surface area contributed by atoms with Gasteiger partial charge in [0.15, 0.2) is 9.84 Å². The molecule has 1 heterocycles. The lowest BCUT2D eigenvalue weighted by Crippen LogP contribution is -2.17. The quantitative estimate of drug-likeness (QED) is 0.903. The maximum atomic E-state index is 11.6. The van der Waals surface area contributed by atoms with Gasteiger partial charge in [-0.25, -0.2) is 13.4 Å². The number of fused-ring (bicyclic) bond motifs is 1. The number of nitrogens with one attached hydrogen (secondary N) is 1. The van der Waals surface area contributed by atoms with E-state index in [0.29, 0.717) is 23.3 Å². The maximum Gasteiger partial charge on any atom is 0.175 e. The summed E-state index contributed by atoms with van der Waals surface area (Å²) in [5.41, 5.74) is 7.41. The molecule has 5 nitrogen and oxygen atoms in total. The molecule has 1 fully saturated rings. The van der Waals surface area contributed by atoms with Crippen molar-refractivity contribution in [2.45, 2.75) is 30.1 Å². The number of imidazole rings is 1. The minimum Gasteiger partial charge on any atom is -0.342 e. The molecule has 2 aromatic rings. The van der Waals surface area contributed by atoms with Gasteiger partial charge < -0.3 is 10.7 Å². The second kappa shape index (κ2) is 4.86. The van der Waals surface area contributed by atoms with Gasteiger partial charge >= 0.3 is 0 Å². The second-order valence-corrected chi connectivity index (χ2v) is 7.62. The number of sulfone groups is 1. The normalized spacial score (nSPS) is 23.5. The van der Waals surface area contributed by atoms with Crippen LogP contribution in [-0.4, -0.2) is 31.2 Å². The van der Waals surface area contributed by atoms with Crippen LogP contribution in [-0.2, 0) is 9.84 Å². The summed E-state index contributed by atoms with van der Waals surface area (Å²) in [5, 5.41) is 0. The third kappa shape index (κ3) is 2.33. The molecule has 2 atom stereocenters. The van der Waals surface area contributed by atoms with E-state index in [1.165, 1.54) is 12.7 Å². The number of aromatic nitrogens is 2. The summed E-state index contributed by atoms with van der Waals surface area (Å²) in [7, 11) is -3.19. The average molecular weight is 293 g/mol. The molecule has 20 heavy (non-hydrogen) atoms. The molecule has 1 aliphatic carbocycles. The minimum atomic E-state index is -3.19. The fraction of sp³-hybridized carbons (Fsp3) is 0.500. The van der Waals surface area contributed by atoms with Gasteiger partial charge in [0.05, 0.1) is 15.9 Å². The summed E-state index contributed by atoms with van der Waals surface area (Å²) in [6.45, 7) is 0.677. The van der Waals surface area contributed by atoms with Gasteiger partial charge in [-0.15, -0.1) is 0 Å². The van der Waals surface area contributed by atoms with Gasteiger partial charge in [-0.1, -0.05) is 6.42 Å². The van der Waals surface area contributed by atoms with Crippen LogP contribution in [0.2, 0.25) is 0 Å². The molecule has 3 N–H and O–H groups in total. The molecule has 0 saturated heterocycles. The first-order valence-electron chi connectivity index (χ1n) is 6.89. The Morgan fingerprint density at radius 1 is 1.40 bits per heavy atom. The van der Waals surface area contributed by atoms with Crippen LogP contribution in [0.25, 0.3) is 11.0 Å². The van der Waals surface area contributed by atoms with E-state index in [1.54, 1.807) is 18.2 Å². The van der Waals surface area contributed by atoms with Crippen molar-refractivity contribution < 1.29 is 8.42 Å². The predicted octanol–water partition coefficient (Wildman–Crippen LogP) is 1.81. The monoisotopic (exact) mass is 293 g/mol. The highest BCUT2D eigenvalue weighted by molar-refractivity contribution is 7.90. The van der Waals surface area contributed by atoms with Crippen molar-refractivity contribution in [3.05, 3.63) is 24.0 Å². The molecule has 1 saturated carbocycles. The third-order valence-corrected chi connectivity index (χ3v) is 5.32. The fourth-order valence-corrected chi connectivity index (χ4v) is 3.74. The Hall–Kier alpha value is -1.40. The Morgan fingerprint density at radius 2 is 2.20 bits per heavy atom. The lowest BCUT2D eigenvalue weighted by molar-refractivity contribution is 0.481. The van der Waals surface area contributed by atoms with Crippen LogP contribution in [0.15, 0.2) is 23.1 Å². The van der Waals surface area contributed by atoms with Crippen LogP contribution in [0, 0.1) is 5.92 Å². The van der Waals surface area contributed by atoms with E-state index in [4.69, 9.17) is 5.73 Å². The number of nitrogens with zero attached hydrogens (tertiary/aromatic N) is 1. The zero-order valence-electron chi connectivity index (χ0n) is 11.5. The van der Waals surface area contributed by atoms with Crippen LogP contribution in [0.5, 0.6) is 0 Å². The van der Waals surface area contributed by atoms with Crippen molar-refractivity contribution in [2.24, 2.45) is 11.7 Å². The van der Waals surface area contributed by atoms with Crippen LogP contribution in [0.1, 0.15) is 31.0 Å². The van der Waals surface area contributed by atoms with E-state index in [2.05, 4.69) is 9.97 Å². The molecule has 1 aromatic heterocycles. The van der Waals surface area contributed by atoms with Gasteiger partial charge in [0, 0.05) is 12.2 Å². The zero-order chi connectivity index (χ0) is 14.3. The highest BCUT2D eigenvalue weighted by atomic mass is 32.2. The number of rotatable bonds is 3. The Bertz CT molecular complexity index is 736. The van der Waals surface area contributed by atoms with Crippen molar-refractivity contribution in [1.82, 2.24) is 9.97 Å². The largest absolute Gasteiger partial charge is 0.342 e. The topological polar surface area (TPSA) is 88.8 Å². The number of hydrogen-bond acceptors (Lipinski definition) is 4. The summed E-state index contributed by atoms with van der Waals surface area (Å²) in [6, 6.07) is 5.03. The molecular formula is C14H19N3O2S. The third-order valence-electron chi connectivity index (χ3n) is 4.21.